The van der Waals surface area contributed by atoms with E-state index < -0.39 is 11.7 Å². The lowest BCUT2D eigenvalue weighted by Crippen LogP contribution is -2.11. The van der Waals surface area contributed by atoms with Crippen molar-refractivity contribution >= 4 is 5.57 Å². The maximum atomic E-state index is 12.5. The summed E-state index contributed by atoms with van der Waals surface area (Å²) in [6.45, 7) is 6.84. The van der Waals surface area contributed by atoms with Gasteiger partial charge in [-0.1, -0.05) is 44.7 Å². The number of hydrogen-bond acceptors (Lipinski definition) is 0. The summed E-state index contributed by atoms with van der Waals surface area (Å²) in [6.07, 6.45) is -4.36. The van der Waals surface area contributed by atoms with Crippen molar-refractivity contribution in [2.75, 3.05) is 0 Å². The van der Waals surface area contributed by atoms with E-state index in [0.717, 1.165) is 0 Å². The lowest BCUT2D eigenvalue weighted by atomic mass is 9.93. The summed E-state index contributed by atoms with van der Waals surface area (Å²) >= 11 is 0. The summed E-state index contributed by atoms with van der Waals surface area (Å²) in [5, 5.41) is 0. The Hall–Kier alpha value is -1.25. The topological polar surface area (TPSA) is 0 Å². The predicted molar refractivity (Wildman–Crippen MR) is 55.6 cm³/mol. The van der Waals surface area contributed by atoms with Gasteiger partial charge in [0.05, 0.1) is 5.57 Å². The normalized spacial score (nSPS) is 11.9. The van der Waals surface area contributed by atoms with Gasteiger partial charge in [0.25, 0.3) is 0 Å². The Bertz CT molecular complexity index is 361. The molecule has 0 fully saturated rings. The zero-order valence-corrected chi connectivity index (χ0v) is 8.73. The minimum atomic E-state index is -4.36. The highest BCUT2D eigenvalue weighted by Crippen LogP contribution is 2.35. The standard InChI is InChI=1S/C12H13F3/c1-8(2)10-6-4-5-7-11(10)9(3)12(13,14)15/h4-8H,3H2,1-2H3. The van der Waals surface area contributed by atoms with E-state index in [-0.39, 0.29) is 11.5 Å². The van der Waals surface area contributed by atoms with Gasteiger partial charge in [0, 0.05) is 0 Å². The van der Waals surface area contributed by atoms with Crippen LogP contribution in [-0.4, -0.2) is 6.18 Å². The SMILES string of the molecule is C=C(c1ccccc1C(C)C)C(F)(F)F. The van der Waals surface area contributed by atoms with Gasteiger partial charge in [-0.3, -0.25) is 0 Å². The Morgan fingerprint density at radius 3 is 2.20 bits per heavy atom. The number of allylic oxidation sites excluding steroid dienone is 1. The monoisotopic (exact) mass is 214 g/mol. The average Bonchev–Trinajstić information content (AvgIpc) is 2.15. The van der Waals surface area contributed by atoms with Crippen LogP contribution in [0.3, 0.4) is 0 Å². The largest absolute Gasteiger partial charge is 0.416 e. The van der Waals surface area contributed by atoms with Crippen LogP contribution in [0.2, 0.25) is 0 Å². The van der Waals surface area contributed by atoms with E-state index >= 15 is 0 Å². The lowest BCUT2D eigenvalue weighted by Gasteiger charge is -2.16. The highest BCUT2D eigenvalue weighted by Gasteiger charge is 2.34. The molecule has 0 atom stereocenters. The van der Waals surface area contributed by atoms with E-state index in [1.165, 1.54) is 6.07 Å². The van der Waals surface area contributed by atoms with Crippen molar-refractivity contribution in [3.8, 4) is 0 Å². The summed E-state index contributed by atoms with van der Waals surface area (Å²) in [6, 6.07) is 6.50. The average molecular weight is 214 g/mol. The molecule has 0 bridgehead atoms. The molecule has 0 aromatic heterocycles. The number of rotatable bonds is 2. The van der Waals surface area contributed by atoms with Gasteiger partial charge in [0.1, 0.15) is 0 Å². The molecule has 1 aromatic rings. The van der Waals surface area contributed by atoms with Gasteiger partial charge in [-0.2, -0.15) is 13.2 Å². The summed E-state index contributed by atoms with van der Waals surface area (Å²) < 4.78 is 37.4. The Labute approximate surface area is 87.4 Å². The molecular formula is C12H13F3. The molecule has 0 heterocycles. The molecule has 82 valence electrons. The summed E-state index contributed by atoms with van der Waals surface area (Å²) in [5.74, 6) is 0.0558. The van der Waals surface area contributed by atoms with Crippen LogP contribution in [0.1, 0.15) is 30.9 Å². The second-order valence-corrected chi connectivity index (χ2v) is 3.72. The van der Waals surface area contributed by atoms with Crippen LogP contribution in [0.15, 0.2) is 30.8 Å². The van der Waals surface area contributed by atoms with E-state index in [1.54, 1.807) is 18.2 Å². The molecule has 0 saturated carbocycles. The van der Waals surface area contributed by atoms with Gasteiger partial charge in [0.2, 0.25) is 0 Å². The van der Waals surface area contributed by atoms with Crippen molar-refractivity contribution in [2.45, 2.75) is 25.9 Å². The number of alkyl halides is 3. The first-order valence-corrected chi connectivity index (χ1v) is 4.69. The van der Waals surface area contributed by atoms with Crippen molar-refractivity contribution in [2.24, 2.45) is 0 Å². The van der Waals surface area contributed by atoms with E-state index in [9.17, 15) is 13.2 Å². The minimum Gasteiger partial charge on any atom is -0.166 e. The number of benzene rings is 1. The first kappa shape index (κ1) is 11.8. The zero-order chi connectivity index (χ0) is 11.6. The zero-order valence-electron chi connectivity index (χ0n) is 8.73. The van der Waals surface area contributed by atoms with E-state index in [4.69, 9.17) is 0 Å². The highest BCUT2D eigenvalue weighted by atomic mass is 19.4. The fourth-order valence-corrected chi connectivity index (χ4v) is 1.43. The maximum Gasteiger partial charge on any atom is 0.416 e. The molecule has 1 aromatic carbocycles. The Morgan fingerprint density at radius 1 is 1.20 bits per heavy atom. The molecule has 0 aliphatic carbocycles. The Morgan fingerprint density at radius 2 is 1.73 bits per heavy atom. The molecular weight excluding hydrogens is 201 g/mol. The molecule has 0 aliphatic rings. The van der Waals surface area contributed by atoms with Crippen molar-refractivity contribution in [3.63, 3.8) is 0 Å². The second-order valence-electron chi connectivity index (χ2n) is 3.72. The summed E-state index contributed by atoms with van der Waals surface area (Å²) in [4.78, 5) is 0. The summed E-state index contributed by atoms with van der Waals surface area (Å²) in [7, 11) is 0. The molecule has 15 heavy (non-hydrogen) atoms. The van der Waals surface area contributed by atoms with Crippen LogP contribution in [0, 0.1) is 0 Å². The lowest BCUT2D eigenvalue weighted by molar-refractivity contribution is -0.0687. The van der Waals surface area contributed by atoms with Crippen LogP contribution >= 0.6 is 0 Å². The van der Waals surface area contributed by atoms with E-state index in [2.05, 4.69) is 6.58 Å². The molecule has 0 nitrogen and oxygen atoms in total. The second kappa shape index (κ2) is 4.09. The smallest absolute Gasteiger partial charge is 0.166 e. The molecule has 0 N–H and O–H groups in total. The Balaban J connectivity index is 3.20. The molecule has 0 spiro atoms. The van der Waals surface area contributed by atoms with Gasteiger partial charge < -0.3 is 0 Å². The van der Waals surface area contributed by atoms with Crippen LogP contribution in [-0.2, 0) is 0 Å². The first-order chi connectivity index (χ1) is 6.84. The van der Waals surface area contributed by atoms with Gasteiger partial charge in [-0.15, -0.1) is 0 Å². The fourth-order valence-electron chi connectivity index (χ4n) is 1.43. The van der Waals surface area contributed by atoms with Crippen molar-refractivity contribution in [1.82, 2.24) is 0 Å². The highest BCUT2D eigenvalue weighted by molar-refractivity contribution is 5.70. The van der Waals surface area contributed by atoms with Gasteiger partial charge >= 0.3 is 6.18 Å². The number of halogens is 3. The molecule has 0 aliphatic heterocycles. The van der Waals surface area contributed by atoms with Crippen molar-refractivity contribution in [1.29, 1.82) is 0 Å². The van der Waals surface area contributed by atoms with Gasteiger partial charge in [-0.25, -0.2) is 0 Å². The van der Waals surface area contributed by atoms with Crippen LogP contribution in [0.4, 0.5) is 13.2 Å². The molecule has 0 radical (unpaired) electrons. The molecule has 3 heteroatoms. The molecule has 1 rings (SSSR count). The van der Waals surface area contributed by atoms with Crippen LogP contribution in [0.25, 0.3) is 5.57 Å². The minimum absolute atomic E-state index is 0.0558. The van der Waals surface area contributed by atoms with Crippen molar-refractivity contribution < 1.29 is 13.2 Å². The third kappa shape index (κ3) is 2.61. The van der Waals surface area contributed by atoms with Gasteiger partial charge in [0.15, 0.2) is 0 Å². The van der Waals surface area contributed by atoms with Crippen LogP contribution in [0.5, 0.6) is 0 Å². The predicted octanol–water partition coefficient (Wildman–Crippen LogP) is 4.39. The summed E-state index contributed by atoms with van der Waals surface area (Å²) in [5.41, 5.74) is 0.103. The third-order valence-corrected chi connectivity index (χ3v) is 2.25. The van der Waals surface area contributed by atoms with E-state index in [0.29, 0.717) is 5.56 Å². The van der Waals surface area contributed by atoms with E-state index in [1.807, 2.05) is 13.8 Å². The first-order valence-electron chi connectivity index (χ1n) is 4.69. The molecule has 0 unspecified atom stereocenters. The molecule has 0 amide bonds. The van der Waals surface area contributed by atoms with Crippen LogP contribution < -0.4 is 0 Å². The number of hydrogen-bond donors (Lipinski definition) is 0. The maximum absolute atomic E-state index is 12.5. The van der Waals surface area contributed by atoms with Crippen molar-refractivity contribution in [3.05, 3.63) is 42.0 Å². The quantitative estimate of drug-likeness (QED) is 0.685. The molecule has 0 saturated heterocycles. The Kier molecular flexibility index (Phi) is 3.22. The third-order valence-electron chi connectivity index (χ3n) is 2.25. The van der Waals surface area contributed by atoms with Gasteiger partial charge in [-0.05, 0) is 17.0 Å². The fraction of sp³-hybridized carbons (Fsp3) is 0.333.